The fraction of sp³-hybridized carbons (Fsp3) is 0.833. The third-order valence-corrected chi connectivity index (χ3v) is 1.23. The summed E-state index contributed by atoms with van der Waals surface area (Å²) < 4.78 is 4.73. The zero-order valence-electron chi connectivity index (χ0n) is 6.10. The van der Waals surface area contributed by atoms with Crippen LogP contribution >= 0.6 is 0 Å². The van der Waals surface area contributed by atoms with E-state index >= 15 is 0 Å². The fourth-order valence-electron chi connectivity index (χ4n) is 0.344. The molecule has 9 heavy (non-hydrogen) atoms. The summed E-state index contributed by atoms with van der Waals surface area (Å²) in [6.07, 6.45) is 0.774. The summed E-state index contributed by atoms with van der Waals surface area (Å²) in [5.74, 6) is -0.707. The van der Waals surface area contributed by atoms with E-state index < -0.39 is 11.5 Å². The predicted molar refractivity (Wildman–Crippen MR) is 36.6 cm³/mol. The highest BCUT2D eigenvalue weighted by Crippen LogP contribution is 2.12. The van der Waals surface area contributed by atoms with Crippen LogP contribution in [0, 0.1) is 0 Å². The molecule has 0 atom stereocenters. The summed E-state index contributed by atoms with van der Waals surface area (Å²) in [4.78, 5) is 10.2. The standard InChI is InChI=1S/C6H11BO2/c1-4-6(2,3)9-5(7)8/h4H2,1-3H3. The van der Waals surface area contributed by atoms with Crippen LogP contribution in [0.2, 0.25) is 0 Å². The molecule has 0 fully saturated rings. The van der Waals surface area contributed by atoms with Crippen LogP contribution in [0.15, 0.2) is 0 Å². The zero-order chi connectivity index (χ0) is 7.49. The molecule has 0 aliphatic rings. The van der Waals surface area contributed by atoms with Gasteiger partial charge in [-0.3, -0.25) is 4.79 Å². The minimum absolute atomic E-state index is 0.411. The van der Waals surface area contributed by atoms with Crippen LogP contribution in [-0.4, -0.2) is 19.3 Å². The maximum absolute atomic E-state index is 10.2. The highest BCUT2D eigenvalue weighted by Gasteiger charge is 2.16. The summed E-state index contributed by atoms with van der Waals surface area (Å²) >= 11 is 0. The van der Waals surface area contributed by atoms with Gasteiger partial charge in [0, 0.05) is 0 Å². The van der Waals surface area contributed by atoms with Crippen molar-refractivity contribution in [2.24, 2.45) is 0 Å². The van der Waals surface area contributed by atoms with E-state index in [2.05, 4.69) is 0 Å². The lowest BCUT2D eigenvalue weighted by Gasteiger charge is -2.22. The van der Waals surface area contributed by atoms with E-state index in [1.54, 1.807) is 0 Å². The first-order valence-electron chi connectivity index (χ1n) is 2.96. The monoisotopic (exact) mass is 126 g/mol. The van der Waals surface area contributed by atoms with Gasteiger partial charge in [-0.2, -0.15) is 0 Å². The maximum Gasteiger partial charge on any atom is 0.236 e. The SMILES string of the molecule is [B]C(=O)OC(C)(C)CC. The Balaban J connectivity index is 3.71. The summed E-state index contributed by atoms with van der Waals surface area (Å²) in [7, 11) is 4.79. The van der Waals surface area contributed by atoms with Gasteiger partial charge in [-0.15, -0.1) is 0 Å². The lowest BCUT2D eigenvalue weighted by molar-refractivity contribution is 0.0542. The molecule has 0 aromatic carbocycles. The Hall–Kier alpha value is -0.465. The molecule has 0 heterocycles. The lowest BCUT2D eigenvalue weighted by Crippen LogP contribution is -2.26. The number of hydrogen-bond donors (Lipinski definition) is 0. The second-order valence-corrected chi connectivity index (χ2v) is 2.53. The maximum atomic E-state index is 10.2. The molecular weight excluding hydrogens is 115 g/mol. The number of rotatable bonds is 2. The molecule has 2 nitrogen and oxygen atoms in total. The molecule has 0 aliphatic heterocycles. The van der Waals surface area contributed by atoms with Gasteiger partial charge in [0.1, 0.15) is 5.60 Å². The van der Waals surface area contributed by atoms with Crippen molar-refractivity contribution < 1.29 is 9.53 Å². The minimum Gasteiger partial charge on any atom is -0.469 e. The Kier molecular flexibility index (Phi) is 2.75. The highest BCUT2D eigenvalue weighted by atomic mass is 16.5. The Labute approximate surface area is 57.0 Å². The normalized spacial score (nSPS) is 11.0. The summed E-state index contributed by atoms with van der Waals surface area (Å²) in [6.45, 7) is 5.57. The molecule has 0 bridgehead atoms. The van der Waals surface area contributed by atoms with E-state index in [-0.39, 0.29) is 0 Å². The molecule has 0 amide bonds. The van der Waals surface area contributed by atoms with E-state index in [1.807, 2.05) is 20.8 Å². The van der Waals surface area contributed by atoms with Crippen LogP contribution in [0.4, 0.5) is 4.79 Å². The Bertz CT molecular complexity index is 110. The first-order valence-corrected chi connectivity index (χ1v) is 2.96. The summed E-state index contributed by atoms with van der Waals surface area (Å²) in [5.41, 5.74) is -0.411. The third-order valence-electron chi connectivity index (χ3n) is 1.23. The number of hydrogen-bond acceptors (Lipinski definition) is 2. The van der Waals surface area contributed by atoms with Crippen molar-refractivity contribution in [3.8, 4) is 0 Å². The van der Waals surface area contributed by atoms with Gasteiger partial charge in [0.2, 0.25) is 13.7 Å². The van der Waals surface area contributed by atoms with E-state index in [0.29, 0.717) is 0 Å². The summed E-state index contributed by atoms with van der Waals surface area (Å²) in [5, 5.41) is 0. The largest absolute Gasteiger partial charge is 0.469 e. The first-order chi connectivity index (χ1) is 3.98. The first kappa shape index (κ1) is 8.53. The van der Waals surface area contributed by atoms with Crippen molar-refractivity contribution in [2.75, 3.05) is 0 Å². The average Bonchev–Trinajstić information content (AvgIpc) is 1.63. The molecule has 0 N–H and O–H groups in total. The van der Waals surface area contributed by atoms with Gasteiger partial charge in [0.15, 0.2) is 0 Å². The smallest absolute Gasteiger partial charge is 0.236 e. The number of carbonyl (C=O) groups excluding carboxylic acids is 1. The summed E-state index contributed by atoms with van der Waals surface area (Å²) in [6, 6.07) is 0. The van der Waals surface area contributed by atoms with Crippen molar-refractivity contribution in [2.45, 2.75) is 32.8 Å². The van der Waals surface area contributed by atoms with E-state index in [9.17, 15) is 4.79 Å². The average molecular weight is 126 g/mol. The molecule has 0 rings (SSSR count). The second kappa shape index (κ2) is 2.90. The predicted octanol–water partition coefficient (Wildman–Crippen LogP) is 1.48. The van der Waals surface area contributed by atoms with E-state index in [4.69, 9.17) is 12.6 Å². The van der Waals surface area contributed by atoms with Crippen LogP contribution in [0.3, 0.4) is 0 Å². The minimum atomic E-state index is -0.707. The van der Waals surface area contributed by atoms with Crippen molar-refractivity contribution in [1.82, 2.24) is 0 Å². The molecule has 2 radical (unpaired) electrons. The van der Waals surface area contributed by atoms with Gasteiger partial charge in [-0.25, -0.2) is 0 Å². The third kappa shape index (κ3) is 4.07. The zero-order valence-corrected chi connectivity index (χ0v) is 6.10. The second-order valence-electron chi connectivity index (χ2n) is 2.53. The molecule has 50 valence electrons. The topological polar surface area (TPSA) is 26.3 Å². The van der Waals surface area contributed by atoms with Crippen molar-refractivity contribution in [3.05, 3.63) is 0 Å². The number of ether oxygens (including phenoxy) is 1. The lowest BCUT2D eigenvalue weighted by atomic mass is 10.1. The van der Waals surface area contributed by atoms with Crippen LogP contribution < -0.4 is 0 Å². The molecule has 0 aliphatic carbocycles. The van der Waals surface area contributed by atoms with Gasteiger partial charge in [-0.1, -0.05) is 6.92 Å². The van der Waals surface area contributed by atoms with Crippen molar-refractivity contribution in [3.63, 3.8) is 0 Å². The van der Waals surface area contributed by atoms with Crippen LogP contribution in [0.1, 0.15) is 27.2 Å². The van der Waals surface area contributed by atoms with Crippen molar-refractivity contribution >= 4 is 13.7 Å². The molecule has 0 aromatic heterocycles. The van der Waals surface area contributed by atoms with Gasteiger partial charge < -0.3 is 4.74 Å². The molecule has 0 saturated carbocycles. The Morgan fingerprint density at radius 3 is 2.22 bits per heavy atom. The molecular formula is C6H11BO2. The molecule has 0 aromatic rings. The van der Waals surface area contributed by atoms with E-state index in [0.717, 1.165) is 6.42 Å². The van der Waals surface area contributed by atoms with Gasteiger partial charge in [0.25, 0.3) is 0 Å². The Morgan fingerprint density at radius 2 is 2.11 bits per heavy atom. The molecule has 0 saturated heterocycles. The van der Waals surface area contributed by atoms with Gasteiger partial charge in [0.05, 0.1) is 0 Å². The molecule has 0 unspecified atom stereocenters. The molecule has 0 spiro atoms. The van der Waals surface area contributed by atoms with E-state index in [1.165, 1.54) is 0 Å². The van der Waals surface area contributed by atoms with Gasteiger partial charge in [-0.05, 0) is 20.3 Å². The van der Waals surface area contributed by atoms with Crippen molar-refractivity contribution in [1.29, 1.82) is 0 Å². The number of carbonyl (C=O) groups is 1. The van der Waals surface area contributed by atoms with Crippen LogP contribution in [0.25, 0.3) is 0 Å². The van der Waals surface area contributed by atoms with Crippen LogP contribution in [0.5, 0.6) is 0 Å². The van der Waals surface area contributed by atoms with Gasteiger partial charge >= 0.3 is 0 Å². The Morgan fingerprint density at radius 1 is 1.67 bits per heavy atom. The quantitative estimate of drug-likeness (QED) is 0.523. The van der Waals surface area contributed by atoms with Crippen LogP contribution in [-0.2, 0) is 4.74 Å². The highest BCUT2D eigenvalue weighted by molar-refractivity contribution is 6.55. The molecule has 3 heteroatoms. The fourth-order valence-corrected chi connectivity index (χ4v) is 0.344.